The zero-order valence-corrected chi connectivity index (χ0v) is 17.4. The third kappa shape index (κ3) is 5.11. The third-order valence-corrected chi connectivity index (χ3v) is 5.08. The number of carbonyl (C=O) groups is 1. The number of carbonyl (C=O) groups excluding carboxylic acids is 1. The number of amides is 1. The normalized spacial score (nSPS) is 16.2. The Morgan fingerprint density at radius 2 is 2.00 bits per heavy atom. The quantitative estimate of drug-likeness (QED) is 0.599. The Kier molecular flexibility index (Phi) is 7.17. The summed E-state index contributed by atoms with van der Waals surface area (Å²) in [5.74, 6) is 2.22. The highest BCUT2D eigenvalue weighted by Gasteiger charge is 2.28. The van der Waals surface area contributed by atoms with E-state index in [0.29, 0.717) is 12.4 Å². The fraction of sp³-hybridized carbons (Fsp3) is 0.375. The summed E-state index contributed by atoms with van der Waals surface area (Å²) in [6.07, 6.45) is 6.36. The Morgan fingerprint density at radius 3 is 2.76 bits per heavy atom. The molecule has 0 N–H and O–H groups in total. The maximum atomic E-state index is 12.9. The van der Waals surface area contributed by atoms with E-state index in [1.165, 1.54) is 0 Å². The first kappa shape index (κ1) is 20.8. The molecule has 29 heavy (non-hydrogen) atoms. The van der Waals surface area contributed by atoms with Crippen molar-refractivity contribution >= 4 is 12.0 Å². The van der Waals surface area contributed by atoms with Crippen molar-refractivity contribution in [2.75, 3.05) is 27.4 Å². The molecule has 154 valence electrons. The van der Waals surface area contributed by atoms with Gasteiger partial charge in [-0.15, -0.1) is 0 Å². The van der Waals surface area contributed by atoms with E-state index in [4.69, 9.17) is 14.2 Å². The molecule has 0 spiro atoms. The monoisotopic (exact) mass is 395 g/mol. The highest BCUT2D eigenvalue weighted by Crippen LogP contribution is 2.34. The lowest BCUT2D eigenvalue weighted by Gasteiger charge is -2.24. The molecule has 0 aromatic heterocycles. The zero-order valence-electron chi connectivity index (χ0n) is 17.4. The molecule has 1 atom stereocenters. The first-order chi connectivity index (χ1) is 14.2. The summed E-state index contributed by atoms with van der Waals surface area (Å²) < 4.78 is 16.4. The van der Waals surface area contributed by atoms with E-state index in [-0.39, 0.29) is 11.9 Å². The molecule has 1 aliphatic rings. The van der Waals surface area contributed by atoms with Crippen LogP contribution in [-0.4, -0.2) is 38.2 Å². The average molecular weight is 395 g/mol. The number of hydrogen-bond acceptors (Lipinski definition) is 4. The maximum absolute atomic E-state index is 12.9. The van der Waals surface area contributed by atoms with Gasteiger partial charge in [0.05, 0.1) is 26.9 Å². The standard InChI is InChI=1S/C24H29NO4/c1-4-15-29-22-12-10-18(16-23(22)28-3)11-13-24(26)25-14-6-9-21(25)19-7-5-8-20(17-19)27-2/h5,7-8,10-13,16-17,21H,4,6,9,14-15H2,1-3H3/b13-11+. The van der Waals surface area contributed by atoms with E-state index in [1.807, 2.05) is 47.4 Å². The fourth-order valence-electron chi connectivity index (χ4n) is 3.61. The number of hydrogen-bond donors (Lipinski definition) is 0. The van der Waals surface area contributed by atoms with E-state index >= 15 is 0 Å². The first-order valence-electron chi connectivity index (χ1n) is 10.1. The lowest BCUT2D eigenvalue weighted by atomic mass is 10.0. The van der Waals surface area contributed by atoms with Gasteiger partial charge >= 0.3 is 0 Å². The van der Waals surface area contributed by atoms with Gasteiger partial charge in [0.25, 0.3) is 0 Å². The molecule has 1 saturated heterocycles. The van der Waals surface area contributed by atoms with E-state index < -0.39 is 0 Å². The smallest absolute Gasteiger partial charge is 0.247 e. The molecule has 0 aliphatic carbocycles. The van der Waals surface area contributed by atoms with Crippen LogP contribution in [0.5, 0.6) is 17.2 Å². The topological polar surface area (TPSA) is 48.0 Å². The van der Waals surface area contributed by atoms with Gasteiger partial charge in [-0.3, -0.25) is 4.79 Å². The van der Waals surface area contributed by atoms with Crippen LogP contribution in [0.3, 0.4) is 0 Å². The predicted octanol–water partition coefficient (Wildman–Crippen LogP) is 4.87. The Hall–Kier alpha value is -2.95. The summed E-state index contributed by atoms with van der Waals surface area (Å²) in [5, 5.41) is 0. The Bertz CT molecular complexity index is 862. The predicted molar refractivity (Wildman–Crippen MR) is 114 cm³/mol. The van der Waals surface area contributed by atoms with Crippen molar-refractivity contribution in [2.24, 2.45) is 0 Å². The number of nitrogens with zero attached hydrogens (tertiary/aromatic N) is 1. The molecular formula is C24H29NO4. The number of benzene rings is 2. The number of methoxy groups -OCH3 is 2. The Morgan fingerprint density at radius 1 is 1.14 bits per heavy atom. The van der Waals surface area contributed by atoms with Crippen molar-refractivity contribution in [3.8, 4) is 17.2 Å². The minimum Gasteiger partial charge on any atom is -0.497 e. The molecule has 0 radical (unpaired) electrons. The van der Waals surface area contributed by atoms with Crippen LogP contribution in [0, 0.1) is 0 Å². The van der Waals surface area contributed by atoms with Crippen LogP contribution in [0.15, 0.2) is 48.5 Å². The maximum Gasteiger partial charge on any atom is 0.247 e. The molecule has 2 aromatic carbocycles. The molecule has 1 fully saturated rings. The van der Waals surface area contributed by atoms with Crippen molar-refractivity contribution in [3.05, 3.63) is 59.7 Å². The Balaban J connectivity index is 1.72. The molecule has 5 heteroatoms. The summed E-state index contributed by atoms with van der Waals surface area (Å²) in [4.78, 5) is 14.8. The summed E-state index contributed by atoms with van der Waals surface area (Å²) in [5.41, 5.74) is 2.01. The molecule has 1 heterocycles. The van der Waals surface area contributed by atoms with Gasteiger partial charge in [0.2, 0.25) is 5.91 Å². The van der Waals surface area contributed by atoms with Crippen LogP contribution in [-0.2, 0) is 4.79 Å². The van der Waals surface area contributed by atoms with Crippen LogP contribution in [0.1, 0.15) is 43.4 Å². The van der Waals surface area contributed by atoms with Gasteiger partial charge < -0.3 is 19.1 Å². The van der Waals surface area contributed by atoms with E-state index in [2.05, 4.69) is 13.0 Å². The minimum absolute atomic E-state index is 0.0144. The number of likely N-dealkylation sites (tertiary alicyclic amines) is 1. The third-order valence-electron chi connectivity index (χ3n) is 5.08. The van der Waals surface area contributed by atoms with Crippen LogP contribution in [0.4, 0.5) is 0 Å². The minimum atomic E-state index is 0.0144. The highest BCUT2D eigenvalue weighted by molar-refractivity contribution is 5.92. The van der Waals surface area contributed by atoms with E-state index in [1.54, 1.807) is 20.3 Å². The van der Waals surface area contributed by atoms with Crippen LogP contribution < -0.4 is 14.2 Å². The summed E-state index contributed by atoms with van der Waals surface area (Å²) in [7, 11) is 3.28. The van der Waals surface area contributed by atoms with Gasteiger partial charge in [-0.25, -0.2) is 0 Å². The van der Waals surface area contributed by atoms with Crippen molar-refractivity contribution in [1.29, 1.82) is 0 Å². The lowest BCUT2D eigenvalue weighted by molar-refractivity contribution is -0.126. The number of rotatable bonds is 8. The van der Waals surface area contributed by atoms with Crippen molar-refractivity contribution < 1.29 is 19.0 Å². The summed E-state index contributed by atoms with van der Waals surface area (Å²) >= 11 is 0. The van der Waals surface area contributed by atoms with Crippen LogP contribution in [0.2, 0.25) is 0 Å². The molecule has 2 aromatic rings. The second-order valence-corrected chi connectivity index (χ2v) is 7.06. The molecule has 0 saturated carbocycles. The lowest BCUT2D eigenvalue weighted by Crippen LogP contribution is -2.28. The molecule has 1 amide bonds. The molecule has 0 bridgehead atoms. The second kappa shape index (κ2) is 10.0. The summed E-state index contributed by atoms with van der Waals surface area (Å²) in [6.45, 7) is 3.47. The van der Waals surface area contributed by atoms with E-state index in [9.17, 15) is 4.79 Å². The largest absolute Gasteiger partial charge is 0.497 e. The molecule has 1 aliphatic heterocycles. The second-order valence-electron chi connectivity index (χ2n) is 7.06. The highest BCUT2D eigenvalue weighted by atomic mass is 16.5. The average Bonchev–Trinajstić information content (AvgIpc) is 3.26. The van der Waals surface area contributed by atoms with Gasteiger partial charge in [-0.2, -0.15) is 0 Å². The van der Waals surface area contributed by atoms with E-state index in [0.717, 1.165) is 48.4 Å². The van der Waals surface area contributed by atoms with Gasteiger partial charge in [-0.05, 0) is 60.7 Å². The van der Waals surface area contributed by atoms with Gasteiger partial charge in [0.15, 0.2) is 11.5 Å². The van der Waals surface area contributed by atoms with Crippen molar-refractivity contribution in [2.45, 2.75) is 32.2 Å². The van der Waals surface area contributed by atoms with Gasteiger partial charge in [0.1, 0.15) is 5.75 Å². The molecule has 3 rings (SSSR count). The van der Waals surface area contributed by atoms with Gasteiger partial charge in [-0.1, -0.05) is 25.1 Å². The van der Waals surface area contributed by atoms with Crippen molar-refractivity contribution in [3.63, 3.8) is 0 Å². The first-order valence-corrected chi connectivity index (χ1v) is 10.1. The van der Waals surface area contributed by atoms with Gasteiger partial charge in [0, 0.05) is 12.6 Å². The zero-order chi connectivity index (χ0) is 20.6. The molecule has 5 nitrogen and oxygen atoms in total. The number of ether oxygens (including phenoxy) is 3. The molecule has 1 unspecified atom stereocenters. The van der Waals surface area contributed by atoms with Crippen LogP contribution in [0.25, 0.3) is 6.08 Å². The molecular weight excluding hydrogens is 366 g/mol. The Labute approximate surface area is 172 Å². The van der Waals surface area contributed by atoms with Crippen molar-refractivity contribution in [1.82, 2.24) is 4.90 Å². The van der Waals surface area contributed by atoms with Crippen LogP contribution >= 0.6 is 0 Å². The summed E-state index contributed by atoms with van der Waals surface area (Å²) in [6, 6.07) is 13.8. The SMILES string of the molecule is CCCOc1ccc(/C=C/C(=O)N2CCCC2c2cccc(OC)c2)cc1OC. The fourth-order valence-corrected chi connectivity index (χ4v) is 3.61.